The Kier molecular flexibility index (Phi) is 3.58. The molecule has 1 N–H and O–H groups in total. The molecule has 4 rings (SSSR count). The maximum absolute atomic E-state index is 11.7. The van der Waals surface area contributed by atoms with E-state index in [2.05, 4.69) is 22.6 Å². The molecule has 2 aliphatic rings. The Morgan fingerprint density at radius 2 is 1.92 bits per heavy atom. The van der Waals surface area contributed by atoms with Gasteiger partial charge in [0.1, 0.15) is 5.82 Å². The van der Waals surface area contributed by atoms with Gasteiger partial charge in [0.15, 0.2) is 0 Å². The second kappa shape index (κ2) is 5.46. The molecule has 1 saturated carbocycles. The first-order valence-corrected chi connectivity index (χ1v) is 8.92. The lowest BCUT2D eigenvalue weighted by Crippen LogP contribution is -2.49. The van der Waals surface area contributed by atoms with Gasteiger partial charge >= 0.3 is 6.09 Å². The summed E-state index contributed by atoms with van der Waals surface area (Å²) in [6.45, 7) is 8.68. The van der Waals surface area contributed by atoms with Gasteiger partial charge in [-0.1, -0.05) is 12.1 Å². The molecule has 1 aromatic heterocycles. The SMILES string of the molecule is Cn1c(CN2C[C@@H]3C(N(C(=O)O)C(C)(C)C)[C@@H]3C2)nc2ccccc21. The Hall–Kier alpha value is -2.08. The van der Waals surface area contributed by atoms with Crippen LogP contribution in [0.3, 0.4) is 0 Å². The van der Waals surface area contributed by atoms with Crippen LogP contribution in [-0.4, -0.2) is 55.2 Å². The molecule has 2 aromatic rings. The number of hydrogen-bond acceptors (Lipinski definition) is 3. The van der Waals surface area contributed by atoms with Crippen molar-refractivity contribution < 1.29 is 9.90 Å². The van der Waals surface area contributed by atoms with Gasteiger partial charge in [0.05, 0.1) is 17.6 Å². The summed E-state index contributed by atoms with van der Waals surface area (Å²) >= 11 is 0. The highest BCUT2D eigenvalue weighted by molar-refractivity contribution is 5.75. The zero-order valence-corrected chi connectivity index (χ0v) is 15.3. The van der Waals surface area contributed by atoms with Crippen LogP contribution in [0, 0.1) is 11.8 Å². The van der Waals surface area contributed by atoms with E-state index in [1.165, 1.54) is 0 Å². The van der Waals surface area contributed by atoms with Crippen LogP contribution in [0.25, 0.3) is 11.0 Å². The maximum Gasteiger partial charge on any atom is 0.408 e. The first kappa shape index (κ1) is 16.4. The van der Waals surface area contributed by atoms with Crippen LogP contribution in [-0.2, 0) is 13.6 Å². The summed E-state index contributed by atoms with van der Waals surface area (Å²) < 4.78 is 2.16. The molecule has 1 aromatic carbocycles. The van der Waals surface area contributed by atoms with E-state index in [4.69, 9.17) is 4.98 Å². The molecule has 1 amide bonds. The smallest absolute Gasteiger partial charge is 0.408 e. The van der Waals surface area contributed by atoms with Crippen molar-refractivity contribution in [3.8, 4) is 0 Å². The molecule has 1 unspecified atom stereocenters. The summed E-state index contributed by atoms with van der Waals surface area (Å²) in [5.74, 6) is 2.00. The topological polar surface area (TPSA) is 61.6 Å². The van der Waals surface area contributed by atoms with Crippen LogP contribution in [0.5, 0.6) is 0 Å². The lowest BCUT2D eigenvalue weighted by Gasteiger charge is -2.35. The number of amides is 1. The van der Waals surface area contributed by atoms with Crippen LogP contribution in [0.4, 0.5) is 4.79 Å². The molecule has 134 valence electrons. The zero-order chi connectivity index (χ0) is 17.9. The highest BCUT2D eigenvalue weighted by Gasteiger charge is 2.61. The highest BCUT2D eigenvalue weighted by atomic mass is 16.4. The number of hydrogen-bond donors (Lipinski definition) is 1. The minimum Gasteiger partial charge on any atom is -0.465 e. The van der Waals surface area contributed by atoms with Gasteiger partial charge in [-0.25, -0.2) is 9.78 Å². The Bertz CT molecular complexity index is 810. The molecule has 2 fully saturated rings. The molecule has 0 radical (unpaired) electrons. The van der Waals surface area contributed by atoms with Crippen LogP contribution >= 0.6 is 0 Å². The Labute approximate surface area is 148 Å². The Morgan fingerprint density at radius 1 is 1.28 bits per heavy atom. The fourth-order valence-electron chi connectivity index (χ4n) is 4.49. The van der Waals surface area contributed by atoms with Crippen molar-refractivity contribution in [2.45, 2.75) is 38.9 Å². The number of aryl methyl sites for hydroxylation is 1. The van der Waals surface area contributed by atoms with Crippen molar-refractivity contribution in [2.75, 3.05) is 13.1 Å². The molecule has 3 atom stereocenters. The fourth-order valence-corrected chi connectivity index (χ4v) is 4.49. The average molecular weight is 342 g/mol. The van der Waals surface area contributed by atoms with Crippen molar-refractivity contribution in [3.63, 3.8) is 0 Å². The number of carbonyl (C=O) groups is 1. The summed E-state index contributed by atoms with van der Waals surface area (Å²) in [6.07, 6.45) is -0.797. The van der Waals surface area contributed by atoms with E-state index in [1.807, 2.05) is 39.0 Å². The third-order valence-electron chi connectivity index (χ3n) is 5.70. The minimum atomic E-state index is -0.797. The molecule has 2 heterocycles. The van der Waals surface area contributed by atoms with E-state index in [0.717, 1.165) is 36.5 Å². The number of nitrogens with zero attached hydrogens (tertiary/aromatic N) is 4. The summed E-state index contributed by atoms with van der Waals surface area (Å²) in [6, 6.07) is 8.37. The number of carboxylic acid groups (broad SMARTS) is 1. The number of benzene rings is 1. The Morgan fingerprint density at radius 3 is 2.48 bits per heavy atom. The summed E-state index contributed by atoms with van der Waals surface area (Å²) in [4.78, 5) is 20.5. The van der Waals surface area contributed by atoms with Crippen LogP contribution in [0.15, 0.2) is 24.3 Å². The largest absolute Gasteiger partial charge is 0.465 e. The van der Waals surface area contributed by atoms with Gasteiger partial charge in [0.2, 0.25) is 0 Å². The predicted molar refractivity (Wildman–Crippen MR) is 96.4 cm³/mol. The van der Waals surface area contributed by atoms with Crippen molar-refractivity contribution >= 4 is 17.1 Å². The van der Waals surface area contributed by atoms with Crippen molar-refractivity contribution in [2.24, 2.45) is 18.9 Å². The summed E-state index contributed by atoms with van der Waals surface area (Å²) in [5, 5.41) is 9.59. The van der Waals surface area contributed by atoms with Crippen molar-refractivity contribution in [1.82, 2.24) is 19.4 Å². The number of para-hydroxylation sites is 2. The molecule has 1 aliphatic carbocycles. The third-order valence-corrected chi connectivity index (χ3v) is 5.70. The van der Waals surface area contributed by atoms with Gasteiger partial charge in [0.25, 0.3) is 0 Å². The minimum absolute atomic E-state index is 0.175. The van der Waals surface area contributed by atoms with Gasteiger partial charge in [0, 0.05) is 31.7 Å². The molecule has 0 spiro atoms. The van der Waals surface area contributed by atoms with Crippen LogP contribution in [0.2, 0.25) is 0 Å². The van der Waals surface area contributed by atoms with Gasteiger partial charge in [-0.2, -0.15) is 0 Å². The highest BCUT2D eigenvalue weighted by Crippen LogP contribution is 2.51. The average Bonchev–Trinajstić information content (AvgIpc) is 2.89. The van der Waals surface area contributed by atoms with E-state index in [1.54, 1.807) is 4.90 Å². The number of aromatic nitrogens is 2. The van der Waals surface area contributed by atoms with Gasteiger partial charge in [-0.15, -0.1) is 0 Å². The molecular formula is C19H26N4O2. The van der Waals surface area contributed by atoms with Gasteiger partial charge in [-0.3, -0.25) is 9.80 Å². The molecule has 1 saturated heterocycles. The van der Waals surface area contributed by atoms with E-state index in [-0.39, 0.29) is 11.6 Å². The standard InChI is InChI=1S/C19H26N4O2/c1-19(2,3)23(18(24)25)17-12-9-22(10-13(12)17)11-16-20-14-7-5-6-8-15(14)21(16)4/h5-8,12-13,17H,9-11H2,1-4H3,(H,24,25)/t12-,13+,17?. The quantitative estimate of drug-likeness (QED) is 0.932. The van der Waals surface area contributed by atoms with Gasteiger partial charge < -0.3 is 9.67 Å². The zero-order valence-electron chi connectivity index (χ0n) is 15.3. The molecule has 6 nitrogen and oxygen atoms in total. The van der Waals surface area contributed by atoms with E-state index in [9.17, 15) is 9.90 Å². The molecule has 0 bridgehead atoms. The number of fused-ring (bicyclic) bond motifs is 2. The maximum atomic E-state index is 11.7. The molecular weight excluding hydrogens is 316 g/mol. The molecule has 25 heavy (non-hydrogen) atoms. The first-order chi connectivity index (χ1) is 11.8. The van der Waals surface area contributed by atoms with Crippen molar-refractivity contribution in [3.05, 3.63) is 30.1 Å². The van der Waals surface area contributed by atoms with E-state index < -0.39 is 6.09 Å². The number of imidazole rings is 1. The fraction of sp³-hybridized carbons (Fsp3) is 0.579. The monoisotopic (exact) mass is 342 g/mol. The first-order valence-electron chi connectivity index (χ1n) is 8.92. The van der Waals surface area contributed by atoms with Crippen LogP contribution in [0.1, 0.15) is 26.6 Å². The van der Waals surface area contributed by atoms with Crippen molar-refractivity contribution in [1.29, 1.82) is 0 Å². The lowest BCUT2D eigenvalue weighted by atomic mass is 10.1. The van der Waals surface area contributed by atoms with Crippen LogP contribution < -0.4 is 0 Å². The second-order valence-electron chi connectivity index (χ2n) is 8.41. The Balaban J connectivity index is 1.44. The second-order valence-corrected chi connectivity index (χ2v) is 8.41. The number of rotatable bonds is 3. The summed E-state index contributed by atoms with van der Waals surface area (Å²) in [7, 11) is 2.07. The third kappa shape index (κ3) is 2.68. The number of piperidine rings is 1. The summed E-state index contributed by atoms with van der Waals surface area (Å²) in [5.41, 5.74) is 1.85. The molecule has 6 heteroatoms. The molecule has 1 aliphatic heterocycles. The lowest BCUT2D eigenvalue weighted by molar-refractivity contribution is 0.0809. The van der Waals surface area contributed by atoms with Gasteiger partial charge in [-0.05, 0) is 44.7 Å². The van der Waals surface area contributed by atoms with E-state index in [0.29, 0.717) is 11.8 Å². The normalized spacial score (nSPS) is 26.0. The number of likely N-dealkylation sites (tertiary alicyclic amines) is 1. The predicted octanol–water partition coefficient (Wildman–Crippen LogP) is 2.78. The van der Waals surface area contributed by atoms with E-state index >= 15 is 0 Å².